The van der Waals surface area contributed by atoms with E-state index in [4.69, 9.17) is 14.3 Å². The molecule has 7 saturated carbocycles. The maximum atomic E-state index is 9.16. The normalized spacial score (nSPS) is 40.2. The molecule has 20 unspecified atom stereocenters. The van der Waals surface area contributed by atoms with Crippen molar-refractivity contribution >= 4 is 13.5 Å². The molecule has 4 heteroatoms. The number of rotatable bonds is 11. The Morgan fingerprint density at radius 1 is 0.500 bits per heavy atom. The van der Waals surface area contributed by atoms with Gasteiger partial charge in [0.2, 0.25) is 8.32 Å². The average Bonchev–Trinajstić information content (AvgIpc) is 4.41. The van der Waals surface area contributed by atoms with E-state index in [1.54, 1.807) is 0 Å². The van der Waals surface area contributed by atoms with Gasteiger partial charge in [0.05, 0.1) is 5.76 Å². The maximum absolute atomic E-state index is 9.16. The van der Waals surface area contributed by atoms with Crippen LogP contribution in [0.15, 0.2) is 152 Å². The fourth-order valence-electron chi connectivity index (χ4n) is 18.2. The van der Waals surface area contributed by atoms with Crippen molar-refractivity contribution in [1.82, 2.24) is 0 Å². The van der Waals surface area contributed by atoms with Crippen molar-refractivity contribution < 1.29 is 14.3 Å². The number of ether oxygens (including phenoxy) is 1. The lowest BCUT2D eigenvalue weighted by atomic mass is 9.82. The first-order chi connectivity index (χ1) is 38.7. The number of allylic oxidation sites excluding steroid dienone is 15. The Kier molecular flexibility index (Phi) is 20.3. The third-order valence-corrected chi connectivity index (χ3v) is 25.4. The number of benzene rings is 2. The Morgan fingerprint density at radius 3 is 1.34 bits per heavy atom. The summed E-state index contributed by atoms with van der Waals surface area (Å²) in [5, 5.41) is 10.6. The van der Waals surface area contributed by atoms with Crippen molar-refractivity contribution in [2.24, 2.45) is 124 Å². The van der Waals surface area contributed by atoms with Gasteiger partial charge >= 0.3 is 0 Å². The summed E-state index contributed by atoms with van der Waals surface area (Å²) in [7, 11) is -1.70. The minimum absolute atomic E-state index is 0.393. The summed E-state index contributed by atoms with van der Waals surface area (Å²) in [4.78, 5) is 0. The van der Waals surface area contributed by atoms with Crippen LogP contribution in [-0.2, 0) is 4.43 Å². The molecule has 0 aliphatic heterocycles. The van der Waals surface area contributed by atoms with E-state index in [1.807, 2.05) is 13.0 Å². The summed E-state index contributed by atoms with van der Waals surface area (Å²) in [6, 6.07) is 19.2. The molecule has 7 fully saturated rings. The van der Waals surface area contributed by atoms with E-state index < -0.39 is 8.32 Å². The van der Waals surface area contributed by atoms with Crippen LogP contribution in [-0.4, -0.2) is 26.6 Å². The largest absolute Gasteiger partial charge is 0.463 e. The molecule has 0 radical (unpaired) electrons. The first kappa shape index (κ1) is 59.5. The smallest absolute Gasteiger partial charge is 0.218 e. The van der Waals surface area contributed by atoms with Gasteiger partial charge in [-0.3, -0.25) is 0 Å². The zero-order valence-electron chi connectivity index (χ0n) is 51.2. The molecule has 0 aromatic heterocycles. The van der Waals surface area contributed by atoms with E-state index in [-0.39, 0.29) is 0 Å². The van der Waals surface area contributed by atoms with Gasteiger partial charge in [0.15, 0.2) is 0 Å². The van der Waals surface area contributed by atoms with E-state index in [0.717, 1.165) is 131 Å². The highest BCUT2D eigenvalue weighted by atomic mass is 28.4. The zero-order chi connectivity index (χ0) is 55.9. The molecule has 0 spiro atoms. The van der Waals surface area contributed by atoms with E-state index in [1.165, 1.54) is 113 Å². The molecule has 80 heavy (non-hydrogen) atoms. The summed E-state index contributed by atoms with van der Waals surface area (Å²) in [5.74, 6) is 21.0. The second-order valence-corrected chi connectivity index (χ2v) is 32.8. The molecule has 2 aromatic rings. The lowest BCUT2D eigenvalue weighted by Crippen LogP contribution is -2.45. The predicted molar refractivity (Wildman–Crippen MR) is 341 cm³/mol. The van der Waals surface area contributed by atoms with Crippen molar-refractivity contribution in [2.45, 2.75) is 163 Å². The van der Waals surface area contributed by atoms with Crippen LogP contribution < -0.4 is 9.92 Å². The summed E-state index contributed by atoms with van der Waals surface area (Å²) in [6.07, 6.45) is 56.0. The van der Waals surface area contributed by atoms with Gasteiger partial charge in [0.1, 0.15) is 5.75 Å². The molecule has 14 aliphatic carbocycles. The topological polar surface area (TPSA) is 38.7 Å². The van der Waals surface area contributed by atoms with Crippen LogP contribution in [0.3, 0.4) is 0 Å². The SMILES string of the molecule is C=C(C)Oc1cccc(C2CC3C=CC2C3)c1.CC1CC2C=CC1C2.CC1CC2C=CC1C2.CC1CC2C=CC1C2.CCCC1CC2C=CC1C2.CC[C@H]1C2C=CC(C2)[C@H]1CO.C[Si](C)(OCC1CC2C=CC1C2)c1ccccc1. The third kappa shape index (κ3) is 14.8. The van der Waals surface area contributed by atoms with Gasteiger partial charge in [-0.15, -0.1) is 0 Å². The predicted octanol–water partition coefficient (Wildman–Crippen LogP) is 19.1. The highest BCUT2D eigenvalue weighted by Crippen LogP contribution is 2.51. The van der Waals surface area contributed by atoms with Gasteiger partial charge in [-0.1, -0.05) is 188 Å². The first-order valence-corrected chi connectivity index (χ1v) is 36.1. The number of aliphatic hydroxyl groups is 1. The lowest BCUT2D eigenvalue weighted by molar-refractivity contribution is 0.161. The van der Waals surface area contributed by atoms with Crippen molar-refractivity contribution in [3.8, 4) is 5.75 Å². The number of aliphatic hydroxyl groups excluding tert-OH is 1. The molecule has 16 rings (SSSR count). The molecule has 0 saturated heterocycles. The minimum Gasteiger partial charge on any atom is -0.463 e. The maximum Gasteiger partial charge on any atom is 0.218 e. The third-order valence-electron chi connectivity index (χ3n) is 22.8. The quantitative estimate of drug-likeness (QED) is 0.138. The highest BCUT2D eigenvalue weighted by Gasteiger charge is 2.43. The van der Waals surface area contributed by atoms with Crippen LogP contribution in [0.1, 0.15) is 156 Å². The molecule has 22 atom stereocenters. The van der Waals surface area contributed by atoms with Crippen LogP contribution in [0.2, 0.25) is 13.1 Å². The van der Waals surface area contributed by atoms with Crippen molar-refractivity contribution in [2.75, 3.05) is 13.2 Å². The summed E-state index contributed by atoms with van der Waals surface area (Å²) in [5.41, 5.74) is 1.42. The Hall–Kier alpha value is -3.70. The van der Waals surface area contributed by atoms with Gasteiger partial charge in [-0.25, -0.2) is 0 Å². The Balaban J connectivity index is 0.000000108. The Morgan fingerprint density at radius 2 is 0.963 bits per heavy atom. The summed E-state index contributed by atoms with van der Waals surface area (Å²) >= 11 is 0. The lowest BCUT2D eigenvalue weighted by Gasteiger charge is -2.27. The molecular weight excluding hydrogens is 989 g/mol. The number of fused-ring (bicyclic) bond motifs is 14. The van der Waals surface area contributed by atoms with Crippen LogP contribution in [0, 0.1) is 124 Å². The first-order valence-electron chi connectivity index (χ1n) is 33.2. The van der Waals surface area contributed by atoms with Gasteiger partial charge in [-0.05, 0) is 257 Å². The van der Waals surface area contributed by atoms with Gasteiger partial charge in [0.25, 0.3) is 0 Å². The van der Waals surface area contributed by atoms with Crippen molar-refractivity contribution in [1.29, 1.82) is 0 Å². The fourth-order valence-corrected chi connectivity index (χ4v) is 20.0. The molecular formula is C76H108O3Si. The molecule has 434 valence electrons. The van der Waals surface area contributed by atoms with E-state index in [2.05, 4.69) is 188 Å². The van der Waals surface area contributed by atoms with Crippen LogP contribution >= 0.6 is 0 Å². The second kappa shape index (κ2) is 27.3. The fraction of sp³-hybridized carbons (Fsp3) is 0.632. The molecule has 14 aliphatic rings. The summed E-state index contributed by atoms with van der Waals surface area (Å²) < 4.78 is 11.9. The van der Waals surface area contributed by atoms with Gasteiger partial charge in [0, 0.05) is 13.2 Å². The highest BCUT2D eigenvalue weighted by molar-refractivity contribution is 6.84. The minimum atomic E-state index is -1.70. The number of hydrogen-bond donors (Lipinski definition) is 1. The number of hydrogen-bond acceptors (Lipinski definition) is 3. The monoisotopic (exact) mass is 1100 g/mol. The molecule has 3 nitrogen and oxygen atoms in total. The van der Waals surface area contributed by atoms with Crippen LogP contribution in [0.25, 0.3) is 0 Å². The van der Waals surface area contributed by atoms with Crippen LogP contribution in [0.4, 0.5) is 0 Å². The Labute approximate surface area is 489 Å². The van der Waals surface area contributed by atoms with E-state index in [9.17, 15) is 0 Å². The van der Waals surface area contributed by atoms with Gasteiger partial charge in [-0.2, -0.15) is 0 Å². The van der Waals surface area contributed by atoms with Crippen molar-refractivity contribution in [3.05, 3.63) is 158 Å². The van der Waals surface area contributed by atoms with Crippen molar-refractivity contribution in [3.63, 3.8) is 0 Å². The van der Waals surface area contributed by atoms with Gasteiger partial charge < -0.3 is 14.3 Å². The molecule has 0 heterocycles. The zero-order valence-corrected chi connectivity index (χ0v) is 52.2. The molecule has 2 aromatic carbocycles. The second-order valence-electron chi connectivity index (χ2n) is 29.0. The van der Waals surface area contributed by atoms with Crippen LogP contribution in [0.5, 0.6) is 5.75 Å². The molecule has 0 amide bonds. The molecule has 1 N–H and O–H groups in total. The molecule has 14 bridgehead atoms. The summed E-state index contributed by atoms with van der Waals surface area (Å²) in [6.45, 7) is 23.3. The standard InChI is InChI=1S/C16H22OSi.C16H18O.C10H16O.C10H16.3C8H12/c1-18(2,16-6-4-3-5-7-16)17-12-15-11-13-8-9-14(15)10-13;1-11(2)17-15-5-3-4-13(10-15)16-9-12-6-7-14(16)8-12;1-2-9-7-3-4-8(5-7)10(9)6-11;1-2-3-9-6-8-4-5-10(9)7-8;3*1-6-4-7-2-3-8(6)5-7/h3-9,13-15H,10-12H2,1-2H3;3-7,10,12,14,16H,1,8-9H2,2H3;3-4,7-11H,2,5-6H2,1H3;4-5,8-10H,2-3,6-7H2,1H3;3*2-3,6-8H,4-5H2,1H3/t;;7?,8?,9-,10+;;;;/m..0..../s1. The average molecular weight is 1100 g/mol. The van der Waals surface area contributed by atoms with E-state index in [0.29, 0.717) is 24.4 Å². The van der Waals surface area contributed by atoms with E-state index >= 15 is 0 Å². The Bertz CT molecular complexity index is 2430.